The summed E-state index contributed by atoms with van der Waals surface area (Å²) < 4.78 is 0. The van der Waals surface area contributed by atoms with Crippen molar-refractivity contribution in [3.63, 3.8) is 0 Å². The molecule has 0 fully saturated rings. The van der Waals surface area contributed by atoms with Gasteiger partial charge in [0, 0.05) is 34.3 Å². The Hall–Kier alpha value is -2.65. The first-order chi connectivity index (χ1) is 14.4. The third kappa shape index (κ3) is 3.67. The molecule has 29 heavy (non-hydrogen) atoms. The van der Waals surface area contributed by atoms with Gasteiger partial charge in [0.25, 0.3) is 0 Å². The molecule has 2 aromatic heterocycles. The lowest BCUT2D eigenvalue weighted by Crippen LogP contribution is -2.23. The van der Waals surface area contributed by atoms with Crippen molar-refractivity contribution in [1.82, 2.24) is 9.97 Å². The first kappa shape index (κ1) is 18.4. The van der Waals surface area contributed by atoms with E-state index < -0.39 is 7.92 Å². The van der Waals surface area contributed by atoms with Gasteiger partial charge in [0.05, 0.1) is 0 Å². The lowest BCUT2D eigenvalue weighted by molar-refractivity contribution is 1.42. The van der Waals surface area contributed by atoms with E-state index in [0.29, 0.717) is 0 Å². The van der Waals surface area contributed by atoms with Crippen LogP contribution in [0.3, 0.4) is 0 Å². The van der Waals surface area contributed by atoms with Crippen LogP contribution in [0.4, 0.5) is 0 Å². The lowest BCUT2D eigenvalue weighted by atomic mass is 10.2. The van der Waals surface area contributed by atoms with E-state index in [0.717, 1.165) is 10.0 Å². The van der Waals surface area contributed by atoms with Crippen molar-refractivity contribution in [2.75, 3.05) is 0 Å². The second-order valence-electron chi connectivity index (χ2n) is 6.38. The number of benzene rings is 3. The number of rotatable bonds is 5. The molecule has 0 saturated heterocycles. The Morgan fingerprint density at radius 3 is 1.52 bits per heavy atom. The molecule has 0 bridgehead atoms. The van der Waals surface area contributed by atoms with Crippen molar-refractivity contribution in [1.29, 1.82) is 0 Å². The van der Waals surface area contributed by atoms with Crippen LogP contribution in [0.25, 0.3) is 21.1 Å². The molecule has 0 saturated carbocycles. The molecule has 0 N–H and O–H groups in total. The monoisotopic (exact) mass is 428 g/mol. The molecular weight excluding hydrogens is 411 g/mol. The summed E-state index contributed by atoms with van der Waals surface area (Å²) in [5.41, 5.74) is 2.43. The number of aromatic nitrogens is 2. The van der Waals surface area contributed by atoms with E-state index in [4.69, 9.17) is 0 Å². The van der Waals surface area contributed by atoms with Crippen LogP contribution < -0.4 is 15.9 Å². The van der Waals surface area contributed by atoms with Crippen LogP contribution in [0.1, 0.15) is 0 Å². The summed E-state index contributed by atoms with van der Waals surface area (Å²) in [4.78, 5) is 9.22. The van der Waals surface area contributed by atoms with Crippen molar-refractivity contribution in [2.45, 2.75) is 0 Å². The maximum Gasteiger partial charge on any atom is 0.123 e. The minimum absolute atomic E-state index is 0.764. The summed E-state index contributed by atoms with van der Waals surface area (Å²) >= 11 is 3.38. The van der Waals surface area contributed by atoms with Crippen molar-refractivity contribution >= 4 is 46.5 Å². The Morgan fingerprint density at radius 1 is 0.552 bits per heavy atom. The van der Waals surface area contributed by atoms with Gasteiger partial charge in [0.1, 0.15) is 10.0 Å². The van der Waals surface area contributed by atoms with E-state index in [1.807, 2.05) is 23.2 Å². The second kappa shape index (κ2) is 8.38. The van der Waals surface area contributed by atoms with Crippen molar-refractivity contribution in [3.05, 3.63) is 102 Å². The molecule has 3 aromatic carbocycles. The molecule has 0 radical (unpaired) electrons. The zero-order valence-electron chi connectivity index (χ0n) is 15.5. The molecule has 0 unspecified atom stereocenters. The molecule has 0 amide bonds. The highest BCUT2D eigenvalue weighted by Gasteiger charge is 2.24. The smallest absolute Gasteiger partial charge is 0.123 e. The second-order valence-corrected chi connectivity index (χ2v) is 10.3. The van der Waals surface area contributed by atoms with Gasteiger partial charge >= 0.3 is 0 Å². The zero-order valence-corrected chi connectivity index (χ0v) is 18.0. The first-order valence-electron chi connectivity index (χ1n) is 9.25. The quantitative estimate of drug-likeness (QED) is 0.336. The highest BCUT2D eigenvalue weighted by molar-refractivity contribution is 7.80. The van der Waals surface area contributed by atoms with Gasteiger partial charge in [-0.2, -0.15) is 0 Å². The Kier molecular flexibility index (Phi) is 5.31. The fourth-order valence-corrected chi connectivity index (χ4v) is 7.50. The van der Waals surface area contributed by atoms with Gasteiger partial charge in [0.2, 0.25) is 0 Å². The highest BCUT2D eigenvalue weighted by Crippen LogP contribution is 2.40. The van der Waals surface area contributed by atoms with Gasteiger partial charge in [-0.3, -0.25) is 0 Å². The predicted molar refractivity (Wildman–Crippen MR) is 127 cm³/mol. The zero-order chi connectivity index (χ0) is 19.5. The average Bonchev–Trinajstić information content (AvgIpc) is 3.50. The van der Waals surface area contributed by atoms with Gasteiger partial charge in [-0.1, -0.05) is 78.9 Å². The fourth-order valence-electron chi connectivity index (χ4n) is 3.40. The minimum Gasteiger partial charge on any atom is -0.245 e. The molecule has 5 heteroatoms. The molecular formula is C24H17N2PS2. The van der Waals surface area contributed by atoms with Crippen molar-refractivity contribution in [2.24, 2.45) is 0 Å². The third-order valence-corrected chi connectivity index (χ3v) is 8.80. The van der Waals surface area contributed by atoms with Gasteiger partial charge in [-0.05, 0) is 23.8 Å². The van der Waals surface area contributed by atoms with Gasteiger partial charge in [-0.15, -0.1) is 22.7 Å². The van der Waals surface area contributed by atoms with E-state index in [-0.39, 0.29) is 0 Å². The molecule has 0 atom stereocenters. The topological polar surface area (TPSA) is 25.8 Å². The van der Waals surface area contributed by atoms with Gasteiger partial charge < -0.3 is 0 Å². The van der Waals surface area contributed by atoms with Crippen LogP contribution in [-0.4, -0.2) is 9.97 Å². The van der Waals surface area contributed by atoms with E-state index in [1.165, 1.54) is 27.0 Å². The standard InChI is InChI=1S/C24H17N2PS2/c1-2-8-18(9-3-1)27(21-12-6-4-10-19(21)23-25-14-16-28-23)22-13-7-5-11-20(22)24-26-15-17-29-24/h1-17H. The Morgan fingerprint density at radius 2 is 1.03 bits per heavy atom. The molecule has 5 rings (SSSR count). The van der Waals surface area contributed by atoms with Crippen molar-refractivity contribution in [3.8, 4) is 21.1 Å². The van der Waals surface area contributed by atoms with E-state index in [9.17, 15) is 0 Å². The minimum atomic E-state index is -0.764. The van der Waals surface area contributed by atoms with Crippen LogP contribution >= 0.6 is 30.6 Å². The SMILES string of the molecule is c1ccc(P(c2ccccc2-c2nccs2)c2ccccc2-c2nccs2)cc1. The van der Waals surface area contributed by atoms with E-state index in [2.05, 4.69) is 88.8 Å². The predicted octanol–water partition coefficient (Wildman–Crippen LogP) is 5.69. The summed E-state index contributed by atoms with van der Waals surface area (Å²) in [7, 11) is -0.764. The summed E-state index contributed by atoms with van der Waals surface area (Å²) in [6.45, 7) is 0. The molecule has 0 aliphatic heterocycles. The van der Waals surface area contributed by atoms with Crippen LogP contribution in [0.2, 0.25) is 0 Å². The average molecular weight is 429 g/mol. The third-order valence-electron chi connectivity index (χ3n) is 4.63. The molecule has 0 aliphatic carbocycles. The molecule has 5 aromatic rings. The summed E-state index contributed by atoms with van der Waals surface area (Å²) in [5, 5.41) is 10.2. The Labute approximate surface area is 179 Å². The lowest BCUT2D eigenvalue weighted by Gasteiger charge is -2.23. The maximum absolute atomic E-state index is 4.61. The number of nitrogens with zero attached hydrogens (tertiary/aromatic N) is 2. The van der Waals surface area contributed by atoms with Crippen LogP contribution in [0, 0.1) is 0 Å². The molecule has 140 valence electrons. The largest absolute Gasteiger partial charge is 0.245 e. The fraction of sp³-hybridized carbons (Fsp3) is 0. The molecule has 0 aliphatic rings. The number of hydrogen-bond donors (Lipinski definition) is 0. The van der Waals surface area contributed by atoms with Crippen LogP contribution in [0.5, 0.6) is 0 Å². The Bertz CT molecular complexity index is 1130. The van der Waals surface area contributed by atoms with E-state index >= 15 is 0 Å². The van der Waals surface area contributed by atoms with Gasteiger partial charge in [-0.25, -0.2) is 9.97 Å². The number of hydrogen-bond acceptors (Lipinski definition) is 4. The summed E-state index contributed by atoms with van der Waals surface area (Å²) in [5.74, 6) is 0. The maximum atomic E-state index is 4.61. The first-order valence-corrected chi connectivity index (χ1v) is 12.3. The number of thiazole rings is 2. The van der Waals surface area contributed by atoms with E-state index in [1.54, 1.807) is 22.7 Å². The van der Waals surface area contributed by atoms with Crippen molar-refractivity contribution < 1.29 is 0 Å². The Balaban J connectivity index is 1.77. The molecule has 2 nitrogen and oxygen atoms in total. The van der Waals surface area contributed by atoms with Crippen LogP contribution in [-0.2, 0) is 0 Å². The summed E-state index contributed by atoms with van der Waals surface area (Å²) in [6.07, 6.45) is 3.76. The highest BCUT2D eigenvalue weighted by atomic mass is 32.1. The molecule has 0 spiro atoms. The molecule has 2 heterocycles. The van der Waals surface area contributed by atoms with Gasteiger partial charge in [0.15, 0.2) is 0 Å². The normalized spacial score (nSPS) is 11.1. The summed E-state index contributed by atoms with van der Waals surface area (Å²) in [6, 6.07) is 28.2. The van der Waals surface area contributed by atoms with Crippen LogP contribution in [0.15, 0.2) is 102 Å².